The smallest absolute Gasteiger partial charge is 0.315 e. The summed E-state index contributed by atoms with van der Waals surface area (Å²) in [6.07, 6.45) is 8.75. The third-order valence-corrected chi connectivity index (χ3v) is 2.75. The van der Waals surface area contributed by atoms with Crippen molar-refractivity contribution >= 4 is 6.03 Å². The zero-order valence-electron chi connectivity index (χ0n) is 10.8. The fourth-order valence-corrected chi connectivity index (χ4v) is 1.68. The number of rotatable bonds is 5. The fraction of sp³-hybridized carbons (Fsp3) is 0.308. The molecule has 0 unspecified atom stereocenters. The normalized spacial score (nSPS) is 11.8. The van der Waals surface area contributed by atoms with Crippen molar-refractivity contribution in [1.82, 2.24) is 25.2 Å². The van der Waals surface area contributed by atoms with Gasteiger partial charge in [0.25, 0.3) is 0 Å². The zero-order valence-corrected chi connectivity index (χ0v) is 10.8. The molecule has 0 fully saturated rings. The Bertz CT molecular complexity index is 497. The van der Waals surface area contributed by atoms with Crippen LogP contribution < -0.4 is 10.6 Å². The average molecular weight is 259 g/mol. The molecular weight excluding hydrogens is 242 g/mol. The Morgan fingerprint density at radius 1 is 1.42 bits per heavy atom. The molecule has 2 aromatic heterocycles. The summed E-state index contributed by atoms with van der Waals surface area (Å²) in [6.45, 7) is 3.18. The summed E-state index contributed by atoms with van der Waals surface area (Å²) >= 11 is 0. The van der Waals surface area contributed by atoms with Crippen molar-refractivity contribution < 1.29 is 4.79 Å². The first kappa shape index (κ1) is 13.1. The third-order valence-electron chi connectivity index (χ3n) is 2.75. The molecule has 2 heterocycles. The predicted octanol–water partition coefficient (Wildman–Crippen LogP) is 1.34. The van der Waals surface area contributed by atoms with Gasteiger partial charge in [0.2, 0.25) is 0 Å². The predicted molar refractivity (Wildman–Crippen MR) is 71.4 cm³/mol. The number of pyridine rings is 1. The molecule has 0 aliphatic rings. The second-order valence-corrected chi connectivity index (χ2v) is 4.21. The number of hydrogen-bond donors (Lipinski definition) is 2. The van der Waals surface area contributed by atoms with E-state index < -0.39 is 0 Å². The van der Waals surface area contributed by atoms with Gasteiger partial charge in [0.15, 0.2) is 0 Å². The van der Waals surface area contributed by atoms with Gasteiger partial charge in [-0.05, 0) is 18.6 Å². The van der Waals surface area contributed by atoms with Crippen molar-refractivity contribution in [2.75, 3.05) is 6.54 Å². The van der Waals surface area contributed by atoms with E-state index in [1.165, 1.54) is 0 Å². The number of amides is 2. The first-order valence-electron chi connectivity index (χ1n) is 6.16. The first-order chi connectivity index (χ1) is 9.25. The number of carbonyl (C=O) groups is 1. The van der Waals surface area contributed by atoms with Crippen molar-refractivity contribution in [1.29, 1.82) is 0 Å². The van der Waals surface area contributed by atoms with Crippen molar-refractivity contribution in [3.8, 4) is 0 Å². The van der Waals surface area contributed by atoms with Crippen LogP contribution in [-0.2, 0) is 6.54 Å². The van der Waals surface area contributed by atoms with Crippen LogP contribution in [0, 0.1) is 0 Å². The standard InChI is InChI=1S/C13H17N5O/c1-11(12-3-2-4-14-9-12)17-13(19)16-6-8-18-7-5-15-10-18/h2-5,7,9-11H,6,8H2,1H3,(H2,16,17,19)/t11-/m0/s1. The number of nitrogens with zero attached hydrogens (tertiary/aromatic N) is 3. The van der Waals surface area contributed by atoms with Gasteiger partial charge >= 0.3 is 6.03 Å². The lowest BCUT2D eigenvalue weighted by molar-refractivity contribution is 0.237. The molecule has 0 aliphatic carbocycles. The lowest BCUT2D eigenvalue weighted by atomic mass is 10.1. The number of carbonyl (C=O) groups excluding carboxylic acids is 1. The first-order valence-corrected chi connectivity index (χ1v) is 6.16. The number of imidazole rings is 1. The van der Waals surface area contributed by atoms with E-state index in [1.54, 1.807) is 24.9 Å². The maximum Gasteiger partial charge on any atom is 0.315 e. The largest absolute Gasteiger partial charge is 0.336 e. The lowest BCUT2D eigenvalue weighted by Crippen LogP contribution is -2.38. The van der Waals surface area contributed by atoms with Crippen LogP contribution in [0.15, 0.2) is 43.2 Å². The van der Waals surface area contributed by atoms with Crippen LogP contribution in [0.3, 0.4) is 0 Å². The minimum atomic E-state index is -0.184. The van der Waals surface area contributed by atoms with Crippen LogP contribution in [0.2, 0.25) is 0 Å². The molecule has 19 heavy (non-hydrogen) atoms. The summed E-state index contributed by atoms with van der Waals surface area (Å²) in [6, 6.07) is 3.53. The lowest BCUT2D eigenvalue weighted by Gasteiger charge is -2.14. The molecule has 2 amide bonds. The minimum absolute atomic E-state index is 0.0676. The van der Waals surface area contributed by atoms with Crippen LogP contribution in [0.5, 0.6) is 0 Å². The maximum absolute atomic E-state index is 11.7. The molecular formula is C13H17N5O. The number of hydrogen-bond acceptors (Lipinski definition) is 3. The highest BCUT2D eigenvalue weighted by Gasteiger charge is 2.08. The summed E-state index contributed by atoms with van der Waals surface area (Å²) in [5.74, 6) is 0. The molecule has 0 saturated carbocycles. The Balaban J connectivity index is 1.72. The van der Waals surface area contributed by atoms with Crippen molar-refractivity contribution in [3.63, 3.8) is 0 Å². The molecule has 1 atom stereocenters. The van der Waals surface area contributed by atoms with Crippen LogP contribution in [0.25, 0.3) is 0 Å². The monoisotopic (exact) mass is 259 g/mol. The molecule has 6 heteroatoms. The van der Waals surface area contributed by atoms with Gasteiger partial charge in [0, 0.05) is 37.9 Å². The maximum atomic E-state index is 11.7. The van der Waals surface area contributed by atoms with E-state index in [4.69, 9.17) is 0 Å². The summed E-state index contributed by atoms with van der Waals surface area (Å²) in [7, 11) is 0. The highest BCUT2D eigenvalue weighted by Crippen LogP contribution is 2.08. The Labute approximate surface area is 111 Å². The summed E-state index contributed by atoms with van der Waals surface area (Å²) < 4.78 is 1.91. The molecule has 6 nitrogen and oxygen atoms in total. The van der Waals surface area contributed by atoms with E-state index in [-0.39, 0.29) is 12.1 Å². The third kappa shape index (κ3) is 4.09. The van der Waals surface area contributed by atoms with E-state index >= 15 is 0 Å². The van der Waals surface area contributed by atoms with Crippen LogP contribution in [0.4, 0.5) is 4.79 Å². The number of nitrogens with one attached hydrogen (secondary N) is 2. The Morgan fingerprint density at radius 3 is 3.00 bits per heavy atom. The Hall–Kier alpha value is -2.37. The van der Waals surface area contributed by atoms with Crippen LogP contribution in [0.1, 0.15) is 18.5 Å². The minimum Gasteiger partial charge on any atom is -0.336 e. The van der Waals surface area contributed by atoms with Gasteiger partial charge in [-0.2, -0.15) is 0 Å². The molecule has 0 bridgehead atoms. The van der Waals surface area contributed by atoms with Gasteiger partial charge in [-0.1, -0.05) is 6.07 Å². The summed E-state index contributed by atoms with van der Waals surface area (Å²) in [5.41, 5.74) is 0.979. The molecule has 0 saturated heterocycles. The van der Waals surface area contributed by atoms with E-state index in [9.17, 15) is 4.79 Å². The van der Waals surface area contributed by atoms with E-state index in [2.05, 4.69) is 20.6 Å². The van der Waals surface area contributed by atoms with Gasteiger partial charge in [0.1, 0.15) is 0 Å². The van der Waals surface area contributed by atoms with E-state index in [0.717, 1.165) is 5.56 Å². The van der Waals surface area contributed by atoms with E-state index in [1.807, 2.05) is 29.8 Å². The van der Waals surface area contributed by atoms with Gasteiger partial charge < -0.3 is 15.2 Å². The van der Waals surface area contributed by atoms with Crippen molar-refractivity contribution in [2.24, 2.45) is 0 Å². The second-order valence-electron chi connectivity index (χ2n) is 4.21. The molecule has 100 valence electrons. The molecule has 2 aromatic rings. The fourth-order valence-electron chi connectivity index (χ4n) is 1.68. The van der Waals surface area contributed by atoms with Gasteiger partial charge in [-0.15, -0.1) is 0 Å². The topological polar surface area (TPSA) is 71.8 Å². The molecule has 0 aliphatic heterocycles. The number of urea groups is 1. The molecule has 0 spiro atoms. The van der Waals surface area contributed by atoms with Gasteiger partial charge in [0.05, 0.1) is 12.4 Å². The molecule has 0 aromatic carbocycles. The highest BCUT2D eigenvalue weighted by molar-refractivity contribution is 5.74. The van der Waals surface area contributed by atoms with Crippen LogP contribution >= 0.6 is 0 Å². The van der Waals surface area contributed by atoms with Crippen LogP contribution in [-0.4, -0.2) is 27.1 Å². The average Bonchev–Trinajstić information content (AvgIpc) is 2.93. The quantitative estimate of drug-likeness (QED) is 0.851. The Kier molecular flexibility index (Phi) is 4.49. The van der Waals surface area contributed by atoms with Crippen molar-refractivity contribution in [2.45, 2.75) is 19.5 Å². The summed E-state index contributed by atoms with van der Waals surface area (Å²) in [5, 5.41) is 5.66. The highest BCUT2D eigenvalue weighted by atomic mass is 16.2. The summed E-state index contributed by atoms with van der Waals surface area (Å²) in [4.78, 5) is 19.7. The Morgan fingerprint density at radius 2 is 2.32 bits per heavy atom. The van der Waals surface area contributed by atoms with Crippen molar-refractivity contribution in [3.05, 3.63) is 48.8 Å². The zero-order chi connectivity index (χ0) is 13.5. The molecule has 0 radical (unpaired) electrons. The second kappa shape index (κ2) is 6.53. The van der Waals surface area contributed by atoms with E-state index in [0.29, 0.717) is 13.1 Å². The van der Waals surface area contributed by atoms with Gasteiger partial charge in [-0.3, -0.25) is 4.98 Å². The van der Waals surface area contributed by atoms with Gasteiger partial charge in [-0.25, -0.2) is 9.78 Å². The number of aromatic nitrogens is 3. The molecule has 2 N–H and O–H groups in total. The SMILES string of the molecule is C[C@H](NC(=O)NCCn1ccnc1)c1cccnc1. The molecule has 2 rings (SSSR count).